The van der Waals surface area contributed by atoms with Gasteiger partial charge in [0.15, 0.2) is 0 Å². The van der Waals surface area contributed by atoms with E-state index in [4.69, 9.17) is 11.6 Å². The maximum Gasteiger partial charge on any atom is 0.0945 e. The van der Waals surface area contributed by atoms with Crippen molar-refractivity contribution in [1.29, 1.82) is 0 Å². The van der Waals surface area contributed by atoms with Crippen LogP contribution in [0.5, 0.6) is 0 Å². The van der Waals surface area contributed by atoms with E-state index in [1.165, 1.54) is 24.0 Å². The van der Waals surface area contributed by atoms with E-state index in [1.54, 1.807) is 0 Å². The Morgan fingerprint density at radius 2 is 1.75 bits per heavy atom. The highest BCUT2D eigenvalue weighted by atomic mass is 35.5. The van der Waals surface area contributed by atoms with Crippen molar-refractivity contribution in [2.45, 2.75) is 32.2 Å². The van der Waals surface area contributed by atoms with Gasteiger partial charge < -0.3 is 4.57 Å². The predicted molar refractivity (Wildman–Crippen MR) is 100 cm³/mol. The van der Waals surface area contributed by atoms with Crippen LogP contribution in [-0.4, -0.2) is 9.55 Å². The van der Waals surface area contributed by atoms with Gasteiger partial charge in [-0.2, -0.15) is 0 Å². The predicted octanol–water partition coefficient (Wildman–Crippen LogP) is 5.42. The zero-order valence-electron chi connectivity index (χ0n) is 13.8. The van der Waals surface area contributed by atoms with E-state index in [2.05, 4.69) is 58.2 Å². The molecule has 124 valence electrons. The molecule has 0 bridgehead atoms. The molecule has 3 rings (SSSR count). The highest BCUT2D eigenvalue weighted by molar-refractivity contribution is 6.30. The molecule has 3 aromatic rings. The second-order valence-corrected chi connectivity index (χ2v) is 6.77. The summed E-state index contributed by atoms with van der Waals surface area (Å²) in [5, 5.41) is 0.806. The lowest BCUT2D eigenvalue weighted by atomic mass is 9.93. The Hall–Kier alpha value is -2.06. The largest absolute Gasteiger partial charge is 0.337 e. The van der Waals surface area contributed by atoms with E-state index in [9.17, 15) is 0 Å². The van der Waals surface area contributed by atoms with Gasteiger partial charge in [-0.25, -0.2) is 4.98 Å². The smallest absolute Gasteiger partial charge is 0.0945 e. The second-order valence-electron chi connectivity index (χ2n) is 6.33. The van der Waals surface area contributed by atoms with Crippen LogP contribution in [0.4, 0.5) is 0 Å². The van der Waals surface area contributed by atoms with E-state index in [0.29, 0.717) is 5.92 Å². The molecule has 24 heavy (non-hydrogen) atoms. The van der Waals surface area contributed by atoms with Crippen molar-refractivity contribution in [2.75, 3.05) is 0 Å². The fourth-order valence-electron chi connectivity index (χ4n) is 3.14. The van der Waals surface area contributed by atoms with Gasteiger partial charge in [0.25, 0.3) is 0 Å². The topological polar surface area (TPSA) is 17.8 Å². The van der Waals surface area contributed by atoms with E-state index in [0.717, 1.165) is 24.4 Å². The molecule has 3 heteroatoms. The van der Waals surface area contributed by atoms with Crippen LogP contribution in [0.15, 0.2) is 73.3 Å². The van der Waals surface area contributed by atoms with Gasteiger partial charge in [-0.15, -0.1) is 0 Å². The molecule has 1 aromatic heterocycles. The first-order valence-corrected chi connectivity index (χ1v) is 8.91. The maximum absolute atomic E-state index is 5.96. The number of aryl methyl sites for hydroxylation is 1. The van der Waals surface area contributed by atoms with Crippen LogP contribution in [0.25, 0.3) is 0 Å². The summed E-state index contributed by atoms with van der Waals surface area (Å²) in [5.74, 6) is 0.619. The minimum absolute atomic E-state index is 0.619. The fraction of sp³-hybridized carbons (Fsp3) is 0.286. The van der Waals surface area contributed by atoms with E-state index >= 15 is 0 Å². The van der Waals surface area contributed by atoms with Crippen molar-refractivity contribution in [3.8, 4) is 0 Å². The molecular weight excluding hydrogens is 316 g/mol. The van der Waals surface area contributed by atoms with Crippen LogP contribution in [0, 0.1) is 5.92 Å². The van der Waals surface area contributed by atoms with Gasteiger partial charge >= 0.3 is 0 Å². The Balaban J connectivity index is 1.57. The summed E-state index contributed by atoms with van der Waals surface area (Å²) in [4.78, 5) is 4.17. The number of rotatable bonds is 8. The molecule has 1 heterocycles. The normalized spacial score (nSPS) is 12.2. The van der Waals surface area contributed by atoms with Gasteiger partial charge in [-0.3, -0.25) is 0 Å². The third-order valence-corrected chi connectivity index (χ3v) is 4.64. The zero-order valence-corrected chi connectivity index (χ0v) is 14.6. The minimum Gasteiger partial charge on any atom is -0.337 e. The summed E-state index contributed by atoms with van der Waals surface area (Å²) in [6.45, 7) is 1.02. The van der Waals surface area contributed by atoms with Crippen molar-refractivity contribution in [3.05, 3.63) is 89.5 Å². The molecule has 1 unspecified atom stereocenters. The molecule has 0 N–H and O–H groups in total. The van der Waals surface area contributed by atoms with Crippen molar-refractivity contribution in [3.63, 3.8) is 0 Å². The van der Waals surface area contributed by atoms with E-state index in [1.807, 2.05) is 24.7 Å². The highest BCUT2D eigenvalue weighted by Gasteiger charge is 2.11. The number of benzene rings is 2. The molecule has 0 radical (unpaired) electrons. The van der Waals surface area contributed by atoms with Gasteiger partial charge in [-0.1, -0.05) is 54.1 Å². The van der Waals surface area contributed by atoms with Crippen LogP contribution in [0.1, 0.15) is 24.0 Å². The van der Waals surface area contributed by atoms with Crippen molar-refractivity contribution in [2.24, 2.45) is 5.92 Å². The molecule has 1 atom stereocenters. The molecular formula is C21H23ClN2. The average molecular weight is 339 g/mol. The number of nitrogens with zero attached hydrogens (tertiary/aromatic N) is 2. The lowest BCUT2D eigenvalue weighted by Gasteiger charge is -2.18. The summed E-state index contributed by atoms with van der Waals surface area (Å²) in [5.41, 5.74) is 2.77. The number of imidazole rings is 1. The molecule has 0 saturated heterocycles. The molecule has 2 nitrogen and oxygen atoms in total. The average Bonchev–Trinajstić information content (AvgIpc) is 3.10. The SMILES string of the molecule is Clc1ccc(CCCC(Cc2ccccc2)Cn2ccnc2)cc1. The second kappa shape index (κ2) is 8.70. The number of halogens is 1. The highest BCUT2D eigenvalue weighted by Crippen LogP contribution is 2.19. The van der Waals surface area contributed by atoms with Crippen molar-refractivity contribution in [1.82, 2.24) is 9.55 Å². The molecule has 2 aromatic carbocycles. The molecule has 0 saturated carbocycles. The summed E-state index contributed by atoms with van der Waals surface area (Å²) in [7, 11) is 0. The Labute approximate surface area is 149 Å². The first-order chi connectivity index (χ1) is 11.8. The number of hydrogen-bond donors (Lipinski definition) is 0. The Morgan fingerprint density at radius 1 is 0.958 bits per heavy atom. The molecule has 0 spiro atoms. The lowest BCUT2D eigenvalue weighted by molar-refractivity contribution is 0.401. The third-order valence-electron chi connectivity index (χ3n) is 4.39. The Bertz CT molecular complexity index is 705. The third kappa shape index (κ3) is 5.24. The minimum atomic E-state index is 0.619. The number of hydrogen-bond acceptors (Lipinski definition) is 1. The molecule has 0 aliphatic carbocycles. The molecule has 0 fully saturated rings. The van der Waals surface area contributed by atoms with Crippen molar-refractivity contribution < 1.29 is 0 Å². The maximum atomic E-state index is 5.96. The van der Waals surface area contributed by atoms with Crippen LogP contribution < -0.4 is 0 Å². The lowest BCUT2D eigenvalue weighted by Crippen LogP contribution is -2.13. The molecule has 0 aliphatic heterocycles. The number of aromatic nitrogens is 2. The first kappa shape index (κ1) is 16.8. The van der Waals surface area contributed by atoms with Gasteiger partial charge in [0, 0.05) is 24.0 Å². The summed E-state index contributed by atoms with van der Waals surface area (Å²) < 4.78 is 2.19. The molecule has 0 aliphatic rings. The summed E-state index contributed by atoms with van der Waals surface area (Å²) in [6.07, 6.45) is 10.4. The zero-order chi connectivity index (χ0) is 16.6. The Kier molecular flexibility index (Phi) is 6.08. The Morgan fingerprint density at radius 3 is 2.46 bits per heavy atom. The van der Waals surface area contributed by atoms with Gasteiger partial charge in [0.2, 0.25) is 0 Å². The van der Waals surface area contributed by atoms with Crippen LogP contribution in [0.3, 0.4) is 0 Å². The fourth-order valence-corrected chi connectivity index (χ4v) is 3.27. The summed E-state index contributed by atoms with van der Waals surface area (Å²) in [6, 6.07) is 19.0. The van der Waals surface area contributed by atoms with Crippen molar-refractivity contribution >= 4 is 11.6 Å². The van der Waals surface area contributed by atoms with E-state index < -0.39 is 0 Å². The first-order valence-electron chi connectivity index (χ1n) is 8.54. The standard InChI is InChI=1S/C21H23ClN2/c22-21-11-9-18(10-12-21)7-4-8-20(16-24-14-13-23-17-24)15-19-5-2-1-3-6-19/h1-3,5-6,9-14,17,20H,4,7-8,15-16H2. The van der Waals surface area contributed by atoms with Crippen LogP contribution >= 0.6 is 11.6 Å². The summed E-state index contributed by atoms with van der Waals surface area (Å²) >= 11 is 5.96. The monoisotopic (exact) mass is 338 g/mol. The van der Waals surface area contributed by atoms with Gasteiger partial charge in [0.05, 0.1) is 6.33 Å². The van der Waals surface area contributed by atoms with Gasteiger partial charge in [-0.05, 0) is 54.9 Å². The quantitative estimate of drug-likeness (QED) is 0.536. The molecule has 0 amide bonds. The van der Waals surface area contributed by atoms with Crippen LogP contribution in [0.2, 0.25) is 5.02 Å². The van der Waals surface area contributed by atoms with Crippen LogP contribution in [-0.2, 0) is 19.4 Å². The van der Waals surface area contributed by atoms with E-state index in [-0.39, 0.29) is 0 Å². The van der Waals surface area contributed by atoms with Gasteiger partial charge in [0.1, 0.15) is 0 Å².